The summed E-state index contributed by atoms with van der Waals surface area (Å²) in [6, 6.07) is 0.500. The van der Waals surface area contributed by atoms with Crippen molar-refractivity contribution in [3.8, 4) is 0 Å². The second-order valence-electron chi connectivity index (χ2n) is 4.97. The normalized spacial score (nSPS) is 18.7. The summed E-state index contributed by atoms with van der Waals surface area (Å²) in [5.74, 6) is -0.845. The van der Waals surface area contributed by atoms with Gasteiger partial charge in [-0.3, -0.25) is 14.5 Å². The fourth-order valence-electron chi connectivity index (χ4n) is 2.26. The lowest BCUT2D eigenvalue weighted by Crippen LogP contribution is -2.43. The average Bonchev–Trinajstić information content (AvgIpc) is 2.86. The van der Waals surface area contributed by atoms with E-state index in [0.29, 0.717) is 25.6 Å². The lowest BCUT2D eigenvalue weighted by Gasteiger charge is -2.23. The Hall–Kier alpha value is -1.14. The Morgan fingerprint density at radius 2 is 2.26 bits per heavy atom. The van der Waals surface area contributed by atoms with E-state index in [-0.39, 0.29) is 12.3 Å². The van der Waals surface area contributed by atoms with Gasteiger partial charge in [0.2, 0.25) is 5.91 Å². The van der Waals surface area contributed by atoms with Gasteiger partial charge in [-0.15, -0.1) is 0 Å². The number of hydrogen-bond donors (Lipinski definition) is 3. The van der Waals surface area contributed by atoms with Crippen LogP contribution in [0.25, 0.3) is 0 Å². The first kappa shape index (κ1) is 15.9. The lowest BCUT2D eigenvalue weighted by atomic mass is 10.2. The van der Waals surface area contributed by atoms with E-state index in [0.717, 1.165) is 19.6 Å². The molecule has 1 amide bonds. The summed E-state index contributed by atoms with van der Waals surface area (Å²) < 4.78 is 0. The third-order valence-electron chi connectivity index (χ3n) is 3.34. The van der Waals surface area contributed by atoms with Gasteiger partial charge in [0.05, 0.1) is 6.54 Å². The van der Waals surface area contributed by atoms with Crippen molar-refractivity contribution in [2.45, 2.75) is 38.6 Å². The van der Waals surface area contributed by atoms with Crippen LogP contribution in [-0.4, -0.2) is 60.6 Å². The fourth-order valence-corrected chi connectivity index (χ4v) is 2.26. The molecule has 19 heavy (non-hydrogen) atoms. The number of amides is 1. The van der Waals surface area contributed by atoms with Gasteiger partial charge in [-0.2, -0.15) is 0 Å². The SMILES string of the molecule is CCN(CC(=O)NCCCC(=O)O)CC1CCCN1. The minimum Gasteiger partial charge on any atom is -0.481 e. The van der Waals surface area contributed by atoms with E-state index in [1.165, 1.54) is 12.8 Å². The quantitative estimate of drug-likeness (QED) is 0.516. The van der Waals surface area contributed by atoms with Gasteiger partial charge in [0, 0.05) is 25.6 Å². The van der Waals surface area contributed by atoms with Gasteiger partial charge >= 0.3 is 5.97 Å². The summed E-state index contributed by atoms with van der Waals surface area (Å²) >= 11 is 0. The first-order chi connectivity index (χ1) is 9.11. The molecular weight excluding hydrogens is 246 g/mol. The highest BCUT2D eigenvalue weighted by Crippen LogP contribution is 2.06. The molecule has 1 aliphatic rings. The first-order valence-corrected chi connectivity index (χ1v) is 7.06. The van der Waals surface area contributed by atoms with Gasteiger partial charge in [-0.1, -0.05) is 6.92 Å². The van der Waals surface area contributed by atoms with E-state index >= 15 is 0 Å². The Kier molecular flexibility index (Phi) is 7.43. The molecular formula is C13H25N3O3. The zero-order valence-electron chi connectivity index (χ0n) is 11.7. The molecule has 1 fully saturated rings. The highest BCUT2D eigenvalue weighted by molar-refractivity contribution is 5.78. The molecule has 3 N–H and O–H groups in total. The standard InChI is InChI=1S/C13H25N3O3/c1-2-16(9-11-5-3-7-14-11)10-12(17)15-8-4-6-13(18)19/h11,14H,2-10H2,1H3,(H,15,17)(H,18,19). The number of nitrogens with one attached hydrogen (secondary N) is 2. The van der Waals surface area contributed by atoms with E-state index in [1.54, 1.807) is 0 Å². The smallest absolute Gasteiger partial charge is 0.303 e. The second-order valence-corrected chi connectivity index (χ2v) is 4.97. The van der Waals surface area contributed by atoms with Crippen LogP contribution in [0.5, 0.6) is 0 Å². The highest BCUT2D eigenvalue weighted by Gasteiger charge is 2.18. The van der Waals surface area contributed by atoms with Crippen LogP contribution in [-0.2, 0) is 9.59 Å². The van der Waals surface area contributed by atoms with Crippen molar-refractivity contribution in [2.24, 2.45) is 0 Å². The molecule has 0 saturated carbocycles. The van der Waals surface area contributed by atoms with Crippen molar-refractivity contribution in [1.29, 1.82) is 0 Å². The Morgan fingerprint density at radius 3 is 2.84 bits per heavy atom. The molecule has 1 rings (SSSR count). The Bertz CT molecular complexity index is 291. The number of aliphatic carboxylic acids is 1. The number of carboxylic acid groups (broad SMARTS) is 1. The van der Waals surface area contributed by atoms with Crippen molar-refractivity contribution in [3.05, 3.63) is 0 Å². The summed E-state index contributed by atoms with van der Waals surface area (Å²) in [6.07, 6.45) is 2.97. The van der Waals surface area contributed by atoms with E-state index in [9.17, 15) is 9.59 Å². The van der Waals surface area contributed by atoms with E-state index in [4.69, 9.17) is 5.11 Å². The highest BCUT2D eigenvalue weighted by atomic mass is 16.4. The van der Waals surface area contributed by atoms with Crippen LogP contribution in [0.15, 0.2) is 0 Å². The van der Waals surface area contributed by atoms with Gasteiger partial charge in [0.1, 0.15) is 0 Å². The molecule has 0 aromatic carbocycles. The van der Waals surface area contributed by atoms with Crippen molar-refractivity contribution in [3.63, 3.8) is 0 Å². The summed E-state index contributed by atoms with van der Waals surface area (Å²) in [5.41, 5.74) is 0. The van der Waals surface area contributed by atoms with Crippen LogP contribution < -0.4 is 10.6 Å². The molecule has 110 valence electrons. The lowest BCUT2D eigenvalue weighted by molar-refractivity contribution is -0.137. The van der Waals surface area contributed by atoms with Crippen molar-refractivity contribution < 1.29 is 14.7 Å². The molecule has 1 aliphatic heterocycles. The zero-order valence-corrected chi connectivity index (χ0v) is 11.7. The number of carbonyl (C=O) groups excluding carboxylic acids is 1. The minimum absolute atomic E-state index is 0.0229. The maximum atomic E-state index is 11.7. The molecule has 0 aromatic rings. The molecule has 6 heteroatoms. The van der Waals surface area contributed by atoms with Crippen LogP contribution in [0, 0.1) is 0 Å². The van der Waals surface area contributed by atoms with Crippen molar-refractivity contribution in [2.75, 3.05) is 32.7 Å². The Balaban J connectivity index is 2.15. The number of nitrogens with zero attached hydrogens (tertiary/aromatic N) is 1. The van der Waals surface area contributed by atoms with Crippen LogP contribution in [0.4, 0.5) is 0 Å². The predicted octanol–water partition coefficient (Wildman–Crippen LogP) is 0.0413. The van der Waals surface area contributed by atoms with Gasteiger partial charge < -0.3 is 15.7 Å². The molecule has 0 aromatic heterocycles. The molecule has 0 aliphatic carbocycles. The van der Waals surface area contributed by atoms with E-state index in [1.807, 2.05) is 6.92 Å². The van der Waals surface area contributed by atoms with Crippen molar-refractivity contribution in [1.82, 2.24) is 15.5 Å². The summed E-state index contributed by atoms with van der Waals surface area (Å²) in [6.45, 7) is 5.70. The second kappa shape index (κ2) is 8.87. The topological polar surface area (TPSA) is 81.7 Å². The van der Waals surface area contributed by atoms with Gasteiger partial charge in [0.25, 0.3) is 0 Å². The van der Waals surface area contributed by atoms with Gasteiger partial charge in [-0.05, 0) is 32.4 Å². The minimum atomic E-state index is -0.822. The molecule has 1 atom stereocenters. The number of likely N-dealkylation sites (N-methyl/N-ethyl adjacent to an activating group) is 1. The van der Waals surface area contributed by atoms with Gasteiger partial charge in [-0.25, -0.2) is 0 Å². The molecule has 0 spiro atoms. The summed E-state index contributed by atoms with van der Waals surface area (Å²) in [7, 11) is 0. The number of carboxylic acids is 1. The maximum Gasteiger partial charge on any atom is 0.303 e. The molecule has 6 nitrogen and oxygen atoms in total. The maximum absolute atomic E-state index is 11.7. The third-order valence-corrected chi connectivity index (χ3v) is 3.34. The average molecular weight is 271 g/mol. The molecule has 1 saturated heterocycles. The van der Waals surface area contributed by atoms with Gasteiger partial charge in [0.15, 0.2) is 0 Å². The first-order valence-electron chi connectivity index (χ1n) is 7.06. The monoisotopic (exact) mass is 271 g/mol. The van der Waals surface area contributed by atoms with Crippen LogP contribution in [0.1, 0.15) is 32.6 Å². The number of hydrogen-bond acceptors (Lipinski definition) is 4. The summed E-state index contributed by atoms with van der Waals surface area (Å²) in [4.78, 5) is 24.2. The van der Waals surface area contributed by atoms with Crippen LogP contribution in [0.2, 0.25) is 0 Å². The molecule has 1 heterocycles. The number of carbonyl (C=O) groups is 2. The Labute approximate surface area is 114 Å². The Morgan fingerprint density at radius 1 is 1.47 bits per heavy atom. The predicted molar refractivity (Wildman–Crippen MR) is 73.0 cm³/mol. The van der Waals surface area contributed by atoms with E-state index in [2.05, 4.69) is 15.5 Å². The van der Waals surface area contributed by atoms with Crippen LogP contribution >= 0.6 is 0 Å². The molecule has 0 radical (unpaired) electrons. The molecule has 0 bridgehead atoms. The third kappa shape index (κ3) is 7.12. The number of rotatable bonds is 9. The zero-order chi connectivity index (χ0) is 14.1. The van der Waals surface area contributed by atoms with Crippen LogP contribution in [0.3, 0.4) is 0 Å². The molecule has 1 unspecified atom stereocenters. The van der Waals surface area contributed by atoms with Crippen molar-refractivity contribution >= 4 is 11.9 Å². The summed E-state index contributed by atoms with van der Waals surface area (Å²) in [5, 5.41) is 14.7. The van der Waals surface area contributed by atoms with E-state index < -0.39 is 5.97 Å². The fraction of sp³-hybridized carbons (Fsp3) is 0.846. The largest absolute Gasteiger partial charge is 0.481 e.